The van der Waals surface area contributed by atoms with Crippen molar-refractivity contribution in [3.8, 4) is 0 Å². The second-order valence-electron chi connectivity index (χ2n) is 3.74. The molecule has 0 heterocycles. The van der Waals surface area contributed by atoms with Crippen LogP contribution in [0.5, 0.6) is 0 Å². The predicted octanol–water partition coefficient (Wildman–Crippen LogP) is 4.00. The minimum atomic E-state index is -0.645. The van der Waals surface area contributed by atoms with E-state index in [1.165, 1.54) is 6.26 Å². The van der Waals surface area contributed by atoms with Crippen LogP contribution in [-0.2, 0) is 9.47 Å². The van der Waals surface area contributed by atoms with Gasteiger partial charge in [-0.2, -0.15) is 0 Å². The van der Waals surface area contributed by atoms with Gasteiger partial charge in [-0.05, 0) is 24.5 Å². The van der Waals surface area contributed by atoms with E-state index < -0.39 is 6.16 Å². The molecule has 0 spiro atoms. The first-order chi connectivity index (χ1) is 8.24. The van der Waals surface area contributed by atoms with E-state index in [2.05, 4.69) is 0 Å². The molecule has 3 heteroatoms. The van der Waals surface area contributed by atoms with Crippen molar-refractivity contribution < 1.29 is 14.3 Å². The maximum Gasteiger partial charge on any atom is 0.513 e. The van der Waals surface area contributed by atoms with Crippen LogP contribution in [-0.4, -0.2) is 12.8 Å². The lowest BCUT2D eigenvalue weighted by Gasteiger charge is -2.03. The minimum Gasteiger partial charge on any atom is -0.434 e. The molecule has 0 radical (unpaired) electrons. The number of allylic oxidation sites excluding steroid dienone is 1. The first-order valence-electron chi connectivity index (χ1n) is 5.79. The van der Waals surface area contributed by atoms with Gasteiger partial charge in [0.2, 0.25) is 0 Å². The molecule has 3 nitrogen and oxygen atoms in total. The van der Waals surface area contributed by atoms with Gasteiger partial charge in [-0.1, -0.05) is 43.7 Å². The SMILES string of the molecule is CCCCOC(=O)OC=C(C)c1ccccc1. The van der Waals surface area contributed by atoms with Gasteiger partial charge in [0.1, 0.15) is 6.26 Å². The van der Waals surface area contributed by atoms with Crippen molar-refractivity contribution in [2.45, 2.75) is 26.7 Å². The summed E-state index contributed by atoms with van der Waals surface area (Å²) in [6.07, 6.45) is 2.63. The van der Waals surface area contributed by atoms with Crippen molar-refractivity contribution in [1.82, 2.24) is 0 Å². The molecule has 0 aliphatic carbocycles. The van der Waals surface area contributed by atoms with Crippen LogP contribution in [0.4, 0.5) is 4.79 Å². The number of unbranched alkanes of at least 4 members (excludes halogenated alkanes) is 1. The van der Waals surface area contributed by atoms with Crippen molar-refractivity contribution in [2.75, 3.05) is 6.61 Å². The molecule has 0 saturated carbocycles. The zero-order valence-corrected chi connectivity index (χ0v) is 10.3. The zero-order chi connectivity index (χ0) is 12.5. The van der Waals surface area contributed by atoms with Gasteiger partial charge in [-0.15, -0.1) is 0 Å². The van der Waals surface area contributed by atoms with Gasteiger partial charge in [0.05, 0.1) is 6.61 Å². The van der Waals surface area contributed by atoms with E-state index in [0.717, 1.165) is 24.0 Å². The summed E-state index contributed by atoms with van der Waals surface area (Å²) in [7, 11) is 0. The fraction of sp³-hybridized carbons (Fsp3) is 0.357. The second-order valence-corrected chi connectivity index (χ2v) is 3.74. The van der Waals surface area contributed by atoms with Gasteiger partial charge in [-0.3, -0.25) is 0 Å². The van der Waals surface area contributed by atoms with Gasteiger partial charge in [0.15, 0.2) is 0 Å². The summed E-state index contributed by atoms with van der Waals surface area (Å²) in [6.45, 7) is 4.33. The molecule has 92 valence electrons. The predicted molar refractivity (Wildman–Crippen MR) is 67.4 cm³/mol. The summed E-state index contributed by atoms with van der Waals surface area (Å²) < 4.78 is 9.74. The molecule has 0 amide bonds. The molecule has 0 bridgehead atoms. The molecular formula is C14H18O3. The number of ether oxygens (including phenoxy) is 2. The quantitative estimate of drug-likeness (QED) is 0.439. The molecule has 0 unspecified atom stereocenters. The molecule has 0 saturated heterocycles. The molecule has 1 rings (SSSR count). The molecular weight excluding hydrogens is 216 g/mol. The molecule has 0 fully saturated rings. The fourth-order valence-electron chi connectivity index (χ4n) is 1.24. The molecule has 17 heavy (non-hydrogen) atoms. The normalized spacial score (nSPS) is 11.1. The number of rotatable bonds is 5. The Kier molecular flexibility index (Phi) is 5.86. The number of carbonyl (C=O) groups excluding carboxylic acids is 1. The highest BCUT2D eigenvalue weighted by Crippen LogP contribution is 2.12. The average molecular weight is 234 g/mol. The third-order valence-electron chi connectivity index (χ3n) is 2.28. The first-order valence-corrected chi connectivity index (χ1v) is 5.79. The van der Waals surface area contributed by atoms with Crippen molar-refractivity contribution >= 4 is 11.7 Å². The number of hydrogen-bond acceptors (Lipinski definition) is 3. The van der Waals surface area contributed by atoms with Crippen LogP contribution in [0.2, 0.25) is 0 Å². The average Bonchev–Trinajstić information content (AvgIpc) is 2.37. The van der Waals surface area contributed by atoms with E-state index in [-0.39, 0.29) is 0 Å². The van der Waals surface area contributed by atoms with Crippen LogP contribution in [0.15, 0.2) is 36.6 Å². The third-order valence-corrected chi connectivity index (χ3v) is 2.28. The highest BCUT2D eigenvalue weighted by atomic mass is 16.7. The highest BCUT2D eigenvalue weighted by molar-refractivity contribution is 5.66. The van der Waals surface area contributed by atoms with Gasteiger partial charge in [0.25, 0.3) is 0 Å². The summed E-state index contributed by atoms with van der Waals surface area (Å²) in [5, 5.41) is 0. The van der Waals surface area contributed by atoms with Crippen LogP contribution >= 0.6 is 0 Å². The zero-order valence-electron chi connectivity index (χ0n) is 10.3. The summed E-state index contributed by atoms with van der Waals surface area (Å²) >= 11 is 0. The summed E-state index contributed by atoms with van der Waals surface area (Å²) in [5.74, 6) is 0. The Labute approximate surface area is 102 Å². The van der Waals surface area contributed by atoms with Crippen molar-refractivity contribution in [1.29, 1.82) is 0 Å². The second kappa shape index (κ2) is 7.49. The van der Waals surface area contributed by atoms with Gasteiger partial charge in [0, 0.05) is 0 Å². The molecule has 0 N–H and O–H groups in total. The number of carbonyl (C=O) groups is 1. The molecule has 1 aromatic rings. The Balaban J connectivity index is 2.40. The van der Waals surface area contributed by atoms with E-state index in [9.17, 15) is 4.79 Å². The summed E-state index contributed by atoms with van der Waals surface area (Å²) in [5.41, 5.74) is 1.91. The Morgan fingerprint density at radius 2 is 2.00 bits per heavy atom. The lowest BCUT2D eigenvalue weighted by molar-refractivity contribution is 0.0838. The van der Waals surface area contributed by atoms with Gasteiger partial charge < -0.3 is 9.47 Å². The molecule has 0 aliphatic rings. The van der Waals surface area contributed by atoms with Crippen LogP contribution in [0, 0.1) is 0 Å². The number of hydrogen-bond donors (Lipinski definition) is 0. The van der Waals surface area contributed by atoms with Crippen LogP contribution in [0.25, 0.3) is 5.57 Å². The summed E-state index contributed by atoms with van der Waals surface area (Å²) in [4.78, 5) is 11.2. The molecule has 0 aromatic heterocycles. The van der Waals surface area contributed by atoms with E-state index >= 15 is 0 Å². The molecule has 1 aromatic carbocycles. The monoisotopic (exact) mass is 234 g/mol. The highest BCUT2D eigenvalue weighted by Gasteiger charge is 2.02. The largest absolute Gasteiger partial charge is 0.513 e. The van der Waals surface area contributed by atoms with Crippen LogP contribution in [0.1, 0.15) is 32.3 Å². The number of benzene rings is 1. The van der Waals surface area contributed by atoms with E-state index in [1.54, 1.807) is 0 Å². The van der Waals surface area contributed by atoms with Crippen molar-refractivity contribution in [2.24, 2.45) is 0 Å². The van der Waals surface area contributed by atoms with Crippen LogP contribution in [0.3, 0.4) is 0 Å². The fourth-order valence-corrected chi connectivity index (χ4v) is 1.24. The van der Waals surface area contributed by atoms with Crippen molar-refractivity contribution in [3.63, 3.8) is 0 Å². The summed E-state index contributed by atoms with van der Waals surface area (Å²) in [6, 6.07) is 9.73. The molecule has 0 aliphatic heterocycles. The minimum absolute atomic E-state index is 0.410. The van der Waals surface area contributed by atoms with E-state index in [4.69, 9.17) is 9.47 Å². The standard InChI is InChI=1S/C14H18O3/c1-3-4-10-16-14(15)17-11-12(2)13-8-6-5-7-9-13/h5-9,11H,3-4,10H2,1-2H3. The Hall–Kier alpha value is -1.77. The van der Waals surface area contributed by atoms with Crippen molar-refractivity contribution in [3.05, 3.63) is 42.2 Å². The maximum atomic E-state index is 11.2. The molecule has 0 atom stereocenters. The lowest BCUT2D eigenvalue weighted by Crippen LogP contribution is -2.05. The first kappa shape index (κ1) is 13.3. The van der Waals surface area contributed by atoms with Gasteiger partial charge >= 0.3 is 6.16 Å². The Bertz CT molecular complexity index is 368. The Morgan fingerprint density at radius 3 is 2.65 bits per heavy atom. The Morgan fingerprint density at radius 1 is 1.29 bits per heavy atom. The topological polar surface area (TPSA) is 35.5 Å². The van der Waals surface area contributed by atoms with E-state index in [1.807, 2.05) is 44.2 Å². The van der Waals surface area contributed by atoms with Gasteiger partial charge in [-0.25, -0.2) is 4.79 Å². The van der Waals surface area contributed by atoms with E-state index in [0.29, 0.717) is 6.61 Å². The third kappa shape index (κ3) is 5.20. The lowest BCUT2D eigenvalue weighted by atomic mass is 10.1. The van der Waals surface area contributed by atoms with Crippen LogP contribution < -0.4 is 0 Å². The smallest absolute Gasteiger partial charge is 0.434 e. The maximum absolute atomic E-state index is 11.2.